The molecule has 37 nitrogen and oxygen atoms in total. The predicted molar refractivity (Wildman–Crippen MR) is 486 cm³/mol. The summed E-state index contributed by atoms with van der Waals surface area (Å²) in [5, 5.41) is 93.4. The molecule has 10 aromatic rings. The first-order valence-electron chi connectivity index (χ1n) is 37.9. The number of carbonyl (C=O) groups excluding carboxylic acids is 10. The number of anilines is 11. The average Bonchev–Trinajstić information content (AvgIpc) is 0.757. The van der Waals surface area contributed by atoms with Crippen molar-refractivity contribution in [3.63, 3.8) is 0 Å². The lowest BCUT2D eigenvalue weighted by Crippen LogP contribution is -2.21. The molecule has 0 spiro atoms. The van der Waals surface area contributed by atoms with Gasteiger partial charge >= 0.3 is 12.2 Å². The third-order valence-corrected chi connectivity index (χ3v) is 17.3. The number of ether oxygens (including phenoxy) is 3. The van der Waals surface area contributed by atoms with E-state index in [2.05, 4.69) is 77.1 Å². The minimum Gasteiger partial charge on any atom is -0.506 e. The third kappa shape index (κ3) is 37.5. The largest absolute Gasteiger partial charge is 0.506 e. The molecular formula is C87H100ClN13O24S2. The van der Waals surface area contributed by atoms with Crippen LogP contribution in [0.15, 0.2) is 207 Å². The molecule has 0 radical (unpaired) electrons. The molecule has 0 aliphatic carbocycles. The molecule has 9 aromatic carbocycles. The first-order valence-corrected chi connectivity index (χ1v) is 42.1. The normalized spacial score (nSPS) is 10.3. The summed E-state index contributed by atoms with van der Waals surface area (Å²) in [5.41, 5.74) is 4.99. The van der Waals surface area contributed by atoms with Gasteiger partial charge < -0.3 is 92.5 Å². The van der Waals surface area contributed by atoms with Crippen molar-refractivity contribution in [1.82, 2.24) is 10.3 Å². The molecule has 0 fully saturated rings. The third-order valence-electron chi connectivity index (χ3n) is 15.8. The van der Waals surface area contributed by atoms with Crippen LogP contribution in [0.2, 0.25) is 5.02 Å². The number of pyridine rings is 1. The molecule has 127 heavy (non-hydrogen) atoms. The van der Waals surface area contributed by atoms with Gasteiger partial charge in [-0.3, -0.25) is 63.4 Å². The van der Waals surface area contributed by atoms with E-state index >= 15 is 0 Å². The van der Waals surface area contributed by atoms with Crippen molar-refractivity contribution >= 4 is 154 Å². The van der Waals surface area contributed by atoms with Crippen LogP contribution >= 0.6 is 11.6 Å². The Hall–Kier alpha value is -15.4. The molecule has 0 saturated carbocycles. The molecule has 0 bridgehead atoms. The summed E-state index contributed by atoms with van der Waals surface area (Å²) in [6, 6.07) is 50.9. The maximum absolute atomic E-state index is 12.2. The number of sulfonamides is 2. The second-order valence-corrected chi connectivity index (χ2v) is 31.1. The number of benzene rings is 9. The van der Waals surface area contributed by atoms with E-state index in [-0.39, 0.29) is 127 Å². The van der Waals surface area contributed by atoms with E-state index in [0.717, 1.165) is 18.1 Å². The second-order valence-electron chi connectivity index (χ2n) is 27.2. The number of amides is 10. The van der Waals surface area contributed by atoms with Gasteiger partial charge in [-0.15, -0.1) is 0 Å². The molecule has 676 valence electrons. The molecule has 40 heteroatoms. The highest BCUT2D eigenvalue weighted by Gasteiger charge is 2.22. The zero-order valence-electron chi connectivity index (χ0n) is 71.2. The molecule has 10 rings (SSSR count). The minimum atomic E-state index is -3.41. The topological polar surface area (TPSA) is 566 Å². The van der Waals surface area contributed by atoms with Gasteiger partial charge in [0.1, 0.15) is 23.0 Å². The van der Waals surface area contributed by atoms with Gasteiger partial charge in [0.25, 0.3) is 23.6 Å². The van der Waals surface area contributed by atoms with E-state index in [1.54, 1.807) is 173 Å². The number of nitrogens with one attached hydrogen (secondary N) is 12. The minimum absolute atomic E-state index is 0.00117. The van der Waals surface area contributed by atoms with Crippen molar-refractivity contribution in [2.75, 3.05) is 96.7 Å². The van der Waals surface area contributed by atoms with Crippen LogP contribution in [-0.4, -0.2) is 156 Å². The Morgan fingerprint density at radius 2 is 0.835 bits per heavy atom. The summed E-state index contributed by atoms with van der Waals surface area (Å²) >= 11 is 5.60. The number of phenolic OH excluding ortho intramolecular Hbond substituents is 7. The fourth-order valence-electron chi connectivity index (χ4n) is 10.0. The number of para-hydroxylation sites is 8. The molecule has 0 saturated heterocycles. The summed E-state index contributed by atoms with van der Waals surface area (Å²) in [5.74, 6) is -2.98. The van der Waals surface area contributed by atoms with Gasteiger partial charge in [-0.05, 0) is 159 Å². The molecule has 19 N–H and O–H groups in total. The Morgan fingerprint density at radius 1 is 0.417 bits per heavy atom. The van der Waals surface area contributed by atoms with E-state index < -0.39 is 55.9 Å². The number of aromatic hydroxyl groups is 7. The highest BCUT2D eigenvalue weighted by molar-refractivity contribution is 7.92. The van der Waals surface area contributed by atoms with Gasteiger partial charge in [0.15, 0.2) is 29.6 Å². The van der Waals surface area contributed by atoms with Crippen LogP contribution in [0.3, 0.4) is 0 Å². The standard InChI is InChI=1S/C19H24N2O5S.C15H16N2O4S.C14H13N3O3.C11H14N2O4.C11H14N2O3.C9H11NO3.C8H8ClNO2/c1-19(2,3)15-6-5-7-16(18(15)23)20-17(22)12-26-14-10-8-13(9-11-14)21-27(4,24)25;1-10-5-3-8-13(14(10)18)16-15(19)11-6-4-7-12(9-11)17-22(2,20)21;1-9(18)16-11-5-2-6-12(13(11)19)17-14(20)10-4-3-7-15-8-10;1-3-17-11(16)13-8-6-4-5-7(9(8)14)10(15)12-2;1-3-10(15)13-9-6-4-5-8(11(9)16)12-7(2)14;1-2-13-9(12)10-7-5-3-4-6-8(7)11;1-5(11)10-7-4-2-3-6(9)8(7)12/h5-11,21,23H,12H2,1-4H3,(H,20,22);3-9,17-18H,1-2H3,(H,16,19);2-8,19H,1H3,(H,16,18)(H,17,20);4-6,14H,3H2,1-2H3,(H,12,15)(H,13,16);4-6,16H,3H2,1-2H3,(H,12,14)(H,13,15);3-6,11H,2H2,1H3,(H,10,12);2-4,12H,1H3,(H,10,11). The van der Waals surface area contributed by atoms with Crippen molar-refractivity contribution < 1.29 is 115 Å². The van der Waals surface area contributed by atoms with Crippen LogP contribution in [-0.2, 0) is 58.9 Å². The van der Waals surface area contributed by atoms with Crippen molar-refractivity contribution in [2.45, 2.75) is 81.1 Å². The first-order chi connectivity index (χ1) is 59.8. The van der Waals surface area contributed by atoms with Crippen LogP contribution in [0.1, 0.15) is 111 Å². The Balaban J connectivity index is 0.000000315. The lowest BCUT2D eigenvalue weighted by Gasteiger charge is -2.22. The summed E-state index contributed by atoms with van der Waals surface area (Å²) < 4.78 is 64.1. The van der Waals surface area contributed by atoms with Crippen LogP contribution in [0, 0.1) is 6.92 Å². The lowest BCUT2D eigenvalue weighted by atomic mass is 9.86. The summed E-state index contributed by atoms with van der Waals surface area (Å²) in [7, 11) is -5.31. The summed E-state index contributed by atoms with van der Waals surface area (Å²) in [6.07, 6.45) is 4.15. The number of phenols is 7. The quantitative estimate of drug-likeness (QED) is 0.0280. The van der Waals surface area contributed by atoms with Gasteiger partial charge in [0.05, 0.1) is 93.1 Å². The Bertz CT molecular complexity index is 5730. The average molecular weight is 1810 g/mol. The number of hydrogen-bond donors (Lipinski definition) is 19. The maximum Gasteiger partial charge on any atom is 0.411 e. The van der Waals surface area contributed by atoms with Crippen LogP contribution in [0.4, 0.5) is 72.2 Å². The highest BCUT2D eigenvalue weighted by Crippen LogP contribution is 2.38. The number of aryl methyl sites for hydroxylation is 1. The van der Waals surface area contributed by atoms with Crippen molar-refractivity contribution in [1.29, 1.82) is 0 Å². The van der Waals surface area contributed by atoms with Crippen LogP contribution < -0.4 is 67.3 Å². The van der Waals surface area contributed by atoms with E-state index in [9.17, 15) is 101 Å². The van der Waals surface area contributed by atoms with E-state index in [4.69, 9.17) is 16.3 Å². The number of aromatic nitrogens is 1. The van der Waals surface area contributed by atoms with E-state index in [1.807, 2.05) is 26.8 Å². The molecule has 0 aliphatic rings. The maximum atomic E-state index is 12.2. The fourth-order valence-corrected chi connectivity index (χ4v) is 11.3. The Morgan fingerprint density at radius 3 is 1.32 bits per heavy atom. The van der Waals surface area contributed by atoms with Gasteiger partial charge in [0, 0.05) is 69.1 Å². The SMILES string of the molecule is CC(=O)Nc1cccc(Cl)c1O.CC(=O)Nc1cccc(NC(=O)c2cccnc2)c1O.CC(C)(C)c1cccc(NC(=O)COc2ccc(NS(C)(=O)=O)cc2)c1O.CCC(=O)Nc1cccc(NC(C)=O)c1O.CCOC(=O)Nc1cccc(C(=O)NC)c1O.CCOC(=O)Nc1ccccc1O.Cc1cccc(NC(=O)c2cccc(NS(C)(=O)=O)c2)c1O. The molecule has 1 aromatic heterocycles. The van der Waals surface area contributed by atoms with E-state index in [1.165, 1.54) is 82.5 Å². The molecule has 1 heterocycles. The number of rotatable bonds is 22. The van der Waals surface area contributed by atoms with Crippen LogP contribution in [0.5, 0.6) is 46.0 Å². The smallest absolute Gasteiger partial charge is 0.411 e. The van der Waals surface area contributed by atoms with Crippen LogP contribution in [0.25, 0.3) is 0 Å². The van der Waals surface area contributed by atoms with Crippen molar-refractivity contribution in [2.24, 2.45) is 0 Å². The van der Waals surface area contributed by atoms with Gasteiger partial charge in [-0.25, -0.2) is 26.4 Å². The van der Waals surface area contributed by atoms with Gasteiger partial charge in [-0.2, -0.15) is 0 Å². The second kappa shape index (κ2) is 50.9. The number of carbonyl (C=O) groups is 10. The number of halogens is 1. The number of hydrogen-bond acceptors (Lipinski definition) is 25. The zero-order chi connectivity index (χ0) is 94.9. The lowest BCUT2D eigenvalue weighted by molar-refractivity contribution is -0.118. The fraction of sp³-hybridized carbons (Fsp3) is 0.207. The van der Waals surface area contributed by atoms with Crippen molar-refractivity contribution in [3.05, 3.63) is 239 Å². The monoisotopic (exact) mass is 1810 g/mol. The van der Waals surface area contributed by atoms with Crippen molar-refractivity contribution in [3.8, 4) is 46.0 Å². The van der Waals surface area contributed by atoms with Gasteiger partial charge in [0.2, 0.25) is 43.7 Å². The first kappa shape index (κ1) is 104. The predicted octanol–water partition coefficient (Wildman–Crippen LogP) is 14.4. The molecule has 10 amide bonds. The Kier molecular flexibility index (Phi) is 41.7. The summed E-state index contributed by atoms with van der Waals surface area (Å²) in [6.45, 7) is 17.0. The molecule has 0 unspecified atom stereocenters. The highest BCUT2D eigenvalue weighted by atomic mass is 35.5. The molecule has 0 atom stereocenters. The van der Waals surface area contributed by atoms with E-state index in [0.29, 0.717) is 64.0 Å². The summed E-state index contributed by atoms with van der Waals surface area (Å²) in [4.78, 5) is 117. The zero-order valence-corrected chi connectivity index (χ0v) is 73.6. The Labute approximate surface area is 737 Å². The molecule has 0 aliphatic heterocycles. The number of nitrogens with zero attached hydrogens (tertiary/aromatic N) is 1. The van der Waals surface area contributed by atoms with Gasteiger partial charge in [-0.1, -0.05) is 106 Å². The molecular weight excluding hydrogens is 1710 g/mol.